The van der Waals surface area contributed by atoms with E-state index >= 15 is 0 Å². The van der Waals surface area contributed by atoms with Crippen LogP contribution in [-0.4, -0.2) is 49.7 Å². The first kappa shape index (κ1) is 16.5. The summed E-state index contributed by atoms with van der Waals surface area (Å²) >= 11 is 0. The summed E-state index contributed by atoms with van der Waals surface area (Å²) < 4.78 is 5.38. The highest BCUT2D eigenvalue weighted by atomic mass is 16.5. The first-order valence-corrected chi connectivity index (χ1v) is 8.94. The van der Waals surface area contributed by atoms with E-state index in [1.165, 1.54) is 30.4 Å². The second kappa shape index (κ2) is 7.93. The number of rotatable bonds is 6. The molecule has 1 N–H and O–H groups in total. The molecule has 1 aromatic rings. The maximum absolute atomic E-state index is 12.4. The molecule has 126 valence electrons. The Morgan fingerprint density at radius 3 is 2.83 bits per heavy atom. The van der Waals surface area contributed by atoms with Gasteiger partial charge in [-0.2, -0.15) is 0 Å². The lowest BCUT2D eigenvalue weighted by Gasteiger charge is -2.30. The number of amides is 1. The predicted octanol–water partition coefficient (Wildman–Crippen LogP) is 1.94. The third-order valence-corrected chi connectivity index (χ3v) is 4.97. The summed E-state index contributed by atoms with van der Waals surface area (Å²) in [6.45, 7) is 6.62. The Morgan fingerprint density at radius 1 is 1.26 bits per heavy atom. The van der Waals surface area contributed by atoms with E-state index in [-0.39, 0.29) is 11.9 Å². The molecule has 1 amide bonds. The molecule has 2 aliphatic rings. The van der Waals surface area contributed by atoms with Crippen molar-refractivity contribution >= 4 is 5.91 Å². The lowest BCUT2D eigenvalue weighted by atomic mass is 10.0. The van der Waals surface area contributed by atoms with Gasteiger partial charge in [-0.3, -0.25) is 9.69 Å². The van der Waals surface area contributed by atoms with Crippen LogP contribution in [0.15, 0.2) is 18.2 Å². The molecule has 0 saturated carbocycles. The van der Waals surface area contributed by atoms with Gasteiger partial charge in [0.1, 0.15) is 0 Å². The zero-order valence-corrected chi connectivity index (χ0v) is 14.1. The van der Waals surface area contributed by atoms with E-state index in [0.717, 1.165) is 44.8 Å². The van der Waals surface area contributed by atoms with Crippen molar-refractivity contribution in [2.75, 3.05) is 32.8 Å². The molecule has 0 radical (unpaired) electrons. The highest BCUT2D eigenvalue weighted by Gasteiger charge is 2.18. The maximum Gasteiger partial charge on any atom is 0.224 e. The van der Waals surface area contributed by atoms with Crippen molar-refractivity contribution in [3.8, 4) is 0 Å². The molecule has 1 aliphatic carbocycles. The molecule has 0 bridgehead atoms. The average molecular weight is 316 g/mol. The van der Waals surface area contributed by atoms with Crippen LogP contribution in [0.2, 0.25) is 0 Å². The fraction of sp³-hybridized carbons (Fsp3) is 0.632. The highest BCUT2D eigenvalue weighted by Crippen LogP contribution is 2.23. The average Bonchev–Trinajstić information content (AvgIpc) is 3.02. The standard InChI is InChI=1S/C19H28N2O2/c1-2-18(14-21-8-10-23-11-9-21)20-19(22)13-15-6-7-16-4-3-5-17(16)12-15/h6-7,12,18H,2-5,8-11,13-14H2,1H3,(H,20,22). The minimum absolute atomic E-state index is 0.142. The van der Waals surface area contributed by atoms with Gasteiger partial charge in [0, 0.05) is 25.7 Å². The molecule has 4 nitrogen and oxygen atoms in total. The van der Waals surface area contributed by atoms with Crippen molar-refractivity contribution in [1.82, 2.24) is 10.2 Å². The first-order chi connectivity index (χ1) is 11.2. The largest absolute Gasteiger partial charge is 0.379 e. The number of hydrogen-bond donors (Lipinski definition) is 1. The number of aryl methyl sites for hydroxylation is 2. The fourth-order valence-electron chi connectivity index (χ4n) is 3.57. The van der Waals surface area contributed by atoms with Crippen LogP contribution in [0.25, 0.3) is 0 Å². The predicted molar refractivity (Wildman–Crippen MR) is 91.7 cm³/mol. The van der Waals surface area contributed by atoms with Crippen molar-refractivity contribution in [3.05, 3.63) is 34.9 Å². The van der Waals surface area contributed by atoms with Crippen LogP contribution < -0.4 is 5.32 Å². The zero-order chi connectivity index (χ0) is 16.1. The Labute approximate surface area is 139 Å². The van der Waals surface area contributed by atoms with Gasteiger partial charge in [0.05, 0.1) is 19.6 Å². The van der Waals surface area contributed by atoms with Crippen LogP contribution in [0.4, 0.5) is 0 Å². The smallest absolute Gasteiger partial charge is 0.224 e. The lowest BCUT2D eigenvalue weighted by Crippen LogP contribution is -2.47. The Hall–Kier alpha value is -1.39. The van der Waals surface area contributed by atoms with Gasteiger partial charge < -0.3 is 10.1 Å². The maximum atomic E-state index is 12.4. The number of fused-ring (bicyclic) bond motifs is 1. The van der Waals surface area contributed by atoms with E-state index in [1.54, 1.807) is 0 Å². The molecule has 1 atom stereocenters. The Morgan fingerprint density at radius 2 is 2.04 bits per heavy atom. The van der Waals surface area contributed by atoms with Gasteiger partial charge in [0.25, 0.3) is 0 Å². The van der Waals surface area contributed by atoms with E-state index in [1.807, 2.05) is 0 Å². The number of nitrogens with one attached hydrogen (secondary N) is 1. The number of morpholine rings is 1. The van der Waals surface area contributed by atoms with Gasteiger partial charge in [0.15, 0.2) is 0 Å². The fourth-order valence-corrected chi connectivity index (χ4v) is 3.57. The Balaban J connectivity index is 1.50. The molecule has 3 rings (SSSR count). The second-order valence-corrected chi connectivity index (χ2v) is 6.72. The molecular weight excluding hydrogens is 288 g/mol. The van der Waals surface area contributed by atoms with Gasteiger partial charge in [0.2, 0.25) is 5.91 Å². The van der Waals surface area contributed by atoms with Crippen LogP contribution in [0.1, 0.15) is 36.5 Å². The van der Waals surface area contributed by atoms with Crippen molar-refractivity contribution in [1.29, 1.82) is 0 Å². The Kier molecular flexibility index (Phi) is 5.68. The molecule has 1 fully saturated rings. The molecule has 0 aromatic heterocycles. The molecule has 0 spiro atoms. The lowest BCUT2D eigenvalue weighted by molar-refractivity contribution is -0.121. The second-order valence-electron chi connectivity index (χ2n) is 6.72. The number of carbonyl (C=O) groups excluding carboxylic acids is 1. The molecule has 1 aliphatic heterocycles. The first-order valence-electron chi connectivity index (χ1n) is 8.94. The van der Waals surface area contributed by atoms with E-state index in [0.29, 0.717) is 6.42 Å². The normalized spacial score (nSPS) is 19.3. The molecule has 1 heterocycles. The van der Waals surface area contributed by atoms with Gasteiger partial charge in [-0.25, -0.2) is 0 Å². The third kappa shape index (κ3) is 4.55. The van der Waals surface area contributed by atoms with Crippen LogP contribution in [0.3, 0.4) is 0 Å². The van der Waals surface area contributed by atoms with Crippen molar-refractivity contribution in [3.63, 3.8) is 0 Å². The number of benzene rings is 1. The van der Waals surface area contributed by atoms with Crippen LogP contribution in [0.5, 0.6) is 0 Å². The van der Waals surface area contributed by atoms with Gasteiger partial charge in [-0.1, -0.05) is 25.1 Å². The van der Waals surface area contributed by atoms with Crippen LogP contribution in [-0.2, 0) is 28.8 Å². The van der Waals surface area contributed by atoms with E-state index in [2.05, 4.69) is 35.3 Å². The molecule has 4 heteroatoms. The zero-order valence-electron chi connectivity index (χ0n) is 14.1. The number of carbonyl (C=O) groups is 1. The van der Waals surface area contributed by atoms with Crippen molar-refractivity contribution < 1.29 is 9.53 Å². The van der Waals surface area contributed by atoms with Crippen LogP contribution in [0, 0.1) is 0 Å². The van der Waals surface area contributed by atoms with Crippen LogP contribution >= 0.6 is 0 Å². The summed E-state index contributed by atoms with van der Waals surface area (Å²) in [5, 5.41) is 3.21. The molecule has 1 aromatic carbocycles. The van der Waals surface area contributed by atoms with Gasteiger partial charge in [-0.05, 0) is 42.4 Å². The highest BCUT2D eigenvalue weighted by molar-refractivity contribution is 5.79. The van der Waals surface area contributed by atoms with E-state index < -0.39 is 0 Å². The monoisotopic (exact) mass is 316 g/mol. The molecular formula is C19H28N2O2. The third-order valence-electron chi connectivity index (χ3n) is 4.97. The SMILES string of the molecule is CCC(CN1CCOCC1)NC(=O)Cc1ccc2c(c1)CCC2. The molecule has 23 heavy (non-hydrogen) atoms. The topological polar surface area (TPSA) is 41.6 Å². The number of ether oxygens (including phenoxy) is 1. The van der Waals surface area contributed by atoms with Crippen molar-refractivity contribution in [2.24, 2.45) is 0 Å². The summed E-state index contributed by atoms with van der Waals surface area (Å²) in [5.41, 5.74) is 4.05. The van der Waals surface area contributed by atoms with Crippen molar-refractivity contribution in [2.45, 2.75) is 45.1 Å². The minimum atomic E-state index is 0.142. The minimum Gasteiger partial charge on any atom is -0.379 e. The van der Waals surface area contributed by atoms with E-state index in [4.69, 9.17) is 4.74 Å². The van der Waals surface area contributed by atoms with Gasteiger partial charge in [-0.15, -0.1) is 0 Å². The summed E-state index contributed by atoms with van der Waals surface area (Å²) in [7, 11) is 0. The molecule has 1 unspecified atom stereocenters. The summed E-state index contributed by atoms with van der Waals surface area (Å²) in [6.07, 6.45) is 5.07. The Bertz CT molecular complexity index is 538. The summed E-state index contributed by atoms with van der Waals surface area (Å²) in [5.74, 6) is 0.142. The van der Waals surface area contributed by atoms with Gasteiger partial charge >= 0.3 is 0 Å². The quantitative estimate of drug-likeness (QED) is 0.872. The van der Waals surface area contributed by atoms with E-state index in [9.17, 15) is 4.79 Å². The molecule has 1 saturated heterocycles. The summed E-state index contributed by atoms with van der Waals surface area (Å²) in [4.78, 5) is 14.8. The number of nitrogens with zero attached hydrogens (tertiary/aromatic N) is 1. The summed E-state index contributed by atoms with van der Waals surface area (Å²) in [6, 6.07) is 6.78. The number of hydrogen-bond acceptors (Lipinski definition) is 3.